The van der Waals surface area contributed by atoms with Crippen molar-refractivity contribution >= 4 is 21.7 Å². The van der Waals surface area contributed by atoms with E-state index in [2.05, 4.69) is 5.32 Å². The molecule has 0 atom stereocenters. The van der Waals surface area contributed by atoms with Crippen LogP contribution in [0, 0.1) is 0 Å². The van der Waals surface area contributed by atoms with E-state index in [-0.39, 0.29) is 40.8 Å². The Morgan fingerprint density at radius 3 is 2.10 bits per heavy atom. The summed E-state index contributed by atoms with van der Waals surface area (Å²) in [6.07, 6.45) is 0.181. The summed E-state index contributed by atoms with van der Waals surface area (Å²) in [4.78, 5) is 12.0. The van der Waals surface area contributed by atoms with Crippen molar-refractivity contribution in [3.8, 4) is 5.75 Å². The van der Waals surface area contributed by atoms with Crippen molar-refractivity contribution in [2.24, 2.45) is 0 Å². The third-order valence-electron chi connectivity index (χ3n) is 4.88. The molecule has 0 bridgehead atoms. The van der Waals surface area contributed by atoms with Crippen molar-refractivity contribution in [1.82, 2.24) is 0 Å². The molecule has 7 heteroatoms. The minimum Gasteiger partial charge on any atom is -0.507 e. The van der Waals surface area contributed by atoms with Gasteiger partial charge in [0.1, 0.15) is 10.6 Å². The number of hydrogen-bond donors (Lipinski definition) is 2. The first-order valence-corrected chi connectivity index (χ1v) is 11.7. The van der Waals surface area contributed by atoms with Crippen molar-refractivity contribution in [2.45, 2.75) is 77.2 Å². The van der Waals surface area contributed by atoms with Crippen molar-refractivity contribution in [3.05, 3.63) is 53.1 Å². The molecule has 0 heterocycles. The summed E-state index contributed by atoms with van der Waals surface area (Å²) in [6.45, 7) is 12.7. The number of phenols is 1. The third kappa shape index (κ3) is 5.86. The molecule has 0 aliphatic heterocycles. The van der Waals surface area contributed by atoms with Crippen LogP contribution in [0.25, 0.3) is 0 Å². The zero-order valence-corrected chi connectivity index (χ0v) is 20.2. The molecule has 0 fully saturated rings. The van der Waals surface area contributed by atoms with Gasteiger partial charge in [-0.05, 0) is 22.5 Å². The van der Waals surface area contributed by atoms with Crippen LogP contribution in [-0.2, 0) is 36.5 Å². The summed E-state index contributed by atoms with van der Waals surface area (Å²) in [5.74, 6) is -0.429. The van der Waals surface area contributed by atoms with Gasteiger partial charge in [0.15, 0.2) is 0 Å². The molecular formula is C24H33NO5S. The topological polar surface area (TPSA) is 92.7 Å². The minimum atomic E-state index is -4.32. The van der Waals surface area contributed by atoms with Crippen molar-refractivity contribution in [2.75, 3.05) is 5.32 Å². The van der Waals surface area contributed by atoms with E-state index in [1.54, 1.807) is 31.2 Å². The van der Waals surface area contributed by atoms with Gasteiger partial charge in [-0.3, -0.25) is 8.98 Å². The normalized spacial score (nSPS) is 12.6. The van der Waals surface area contributed by atoms with Gasteiger partial charge in [0.2, 0.25) is 5.91 Å². The Hall–Kier alpha value is -2.38. The number of rotatable bonds is 6. The average Bonchev–Trinajstić information content (AvgIpc) is 2.66. The van der Waals surface area contributed by atoms with Gasteiger partial charge in [0.05, 0.1) is 12.3 Å². The lowest BCUT2D eigenvalue weighted by atomic mass is 9.79. The molecule has 2 rings (SSSR count). The molecule has 0 unspecified atom stereocenters. The highest BCUT2D eigenvalue weighted by atomic mass is 32.2. The lowest BCUT2D eigenvalue weighted by molar-refractivity contribution is -0.115. The minimum absolute atomic E-state index is 0.101. The van der Waals surface area contributed by atoms with Gasteiger partial charge in [0, 0.05) is 17.5 Å². The van der Waals surface area contributed by atoms with Crippen molar-refractivity contribution < 1.29 is 22.5 Å². The first-order valence-electron chi connectivity index (χ1n) is 10.3. The van der Waals surface area contributed by atoms with Crippen LogP contribution in [0.15, 0.2) is 41.3 Å². The van der Waals surface area contributed by atoms with E-state index in [1.807, 2.05) is 47.6 Å². The van der Waals surface area contributed by atoms with Gasteiger partial charge in [-0.15, -0.1) is 0 Å². The monoisotopic (exact) mass is 447 g/mol. The van der Waals surface area contributed by atoms with E-state index >= 15 is 0 Å². The summed E-state index contributed by atoms with van der Waals surface area (Å²) in [5.41, 5.74) is 0.356. The Kier molecular flexibility index (Phi) is 7.23. The molecule has 2 aromatic rings. The van der Waals surface area contributed by atoms with E-state index in [4.69, 9.17) is 4.18 Å². The van der Waals surface area contributed by atoms with E-state index in [1.165, 1.54) is 6.07 Å². The first-order chi connectivity index (χ1) is 14.2. The largest absolute Gasteiger partial charge is 0.507 e. The van der Waals surface area contributed by atoms with Crippen LogP contribution in [0.4, 0.5) is 5.69 Å². The molecule has 1 amide bonds. The lowest BCUT2D eigenvalue weighted by Crippen LogP contribution is -2.24. The van der Waals surface area contributed by atoms with Gasteiger partial charge < -0.3 is 10.4 Å². The molecule has 2 aromatic carbocycles. The maximum absolute atomic E-state index is 13.4. The lowest BCUT2D eigenvalue weighted by Gasteiger charge is -2.31. The fraction of sp³-hybridized carbons (Fsp3) is 0.458. The number of anilines is 1. The number of carbonyl (C=O) groups is 1. The number of phenolic OH excluding ortho intramolecular Hbond substituents is 1. The van der Waals surface area contributed by atoms with Gasteiger partial charge in [-0.2, -0.15) is 8.42 Å². The number of aromatic hydroxyl groups is 1. The maximum Gasteiger partial charge on any atom is 0.299 e. The number of hydrogen-bond acceptors (Lipinski definition) is 5. The summed E-state index contributed by atoms with van der Waals surface area (Å²) in [7, 11) is -4.32. The fourth-order valence-corrected chi connectivity index (χ4v) is 4.73. The molecule has 0 saturated heterocycles. The van der Waals surface area contributed by atoms with Crippen LogP contribution >= 0.6 is 0 Å². The van der Waals surface area contributed by atoms with E-state index in [0.29, 0.717) is 11.1 Å². The number of carbonyl (C=O) groups excluding carboxylic acids is 1. The molecule has 6 nitrogen and oxygen atoms in total. The standard InChI is InChI=1S/C24H33NO5S/c1-8-19(26)25-18-14-17(23(2,3)4)21(27)20(24(5,6)7)22(18)31(28,29)30-15-16-12-10-9-11-13-16/h9-14,27H,8,15H2,1-7H3,(H,25,26). The van der Waals surface area contributed by atoms with E-state index < -0.39 is 20.9 Å². The van der Waals surface area contributed by atoms with Crippen molar-refractivity contribution in [1.29, 1.82) is 0 Å². The third-order valence-corrected chi connectivity index (χ3v) is 6.23. The second kappa shape index (κ2) is 9.01. The Morgan fingerprint density at radius 1 is 1.03 bits per heavy atom. The first kappa shape index (κ1) is 24.9. The second-order valence-corrected chi connectivity index (χ2v) is 11.2. The Balaban J connectivity index is 2.77. The van der Waals surface area contributed by atoms with Crippen molar-refractivity contribution in [3.63, 3.8) is 0 Å². The Labute approximate surface area is 185 Å². The maximum atomic E-state index is 13.4. The zero-order valence-electron chi connectivity index (χ0n) is 19.4. The molecule has 0 radical (unpaired) electrons. The zero-order chi connectivity index (χ0) is 23.6. The van der Waals surface area contributed by atoms with Crippen LogP contribution in [0.2, 0.25) is 0 Å². The van der Waals surface area contributed by atoms with Crippen LogP contribution in [-0.4, -0.2) is 19.4 Å². The molecule has 0 saturated carbocycles. The number of nitrogens with one attached hydrogen (secondary N) is 1. The average molecular weight is 448 g/mol. The van der Waals surface area contributed by atoms with Crippen LogP contribution < -0.4 is 5.32 Å². The highest BCUT2D eigenvalue weighted by molar-refractivity contribution is 7.87. The smallest absolute Gasteiger partial charge is 0.299 e. The van der Waals surface area contributed by atoms with E-state index in [0.717, 1.165) is 0 Å². The highest BCUT2D eigenvalue weighted by Gasteiger charge is 2.36. The number of amides is 1. The van der Waals surface area contributed by atoms with Crippen LogP contribution in [0.3, 0.4) is 0 Å². The second-order valence-electron chi connectivity index (χ2n) is 9.63. The quantitative estimate of drug-likeness (QED) is 0.466. The van der Waals surface area contributed by atoms with Gasteiger partial charge >= 0.3 is 0 Å². The summed E-state index contributed by atoms with van der Waals surface area (Å²) in [5, 5.41) is 13.9. The highest BCUT2D eigenvalue weighted by Crippen LogP contribution is 2.46. The Morgan fingerprint density at radius 2 is 1.61 bits per heavy atom. The van der Waals surface area contributed by atoms with Crippen LogP contribution in [0.5, 0.6) is 5.75 Å². The molecule has 170 valence electrons. The molecule has 0 aliphatic rings. The predicted octanol–water partition coefficient (Wildman–Crippen LogP) is 5.24. The molecular weight excluding hydrogens is 414 g/mol. The molecule has 2 N–H and O–H groups in total. The summed E-state index contributed by atoms with van der Waals surface area (Å²) >= 11 is 0. The molecule has 0 spiro atoms. The Bertz CT molecular complexity index is 1050. The summed E-state index contributed by atoms with van der Waals surface area (Å²) < 4.78 is 32.2. The number of benzene rings is 2. The summed E-state index contributed by atoms with van der Waals surface area (Å²) in [6, 6.07) is 10.5. The molecule has 0 aliphatic carbocycles. The van der Waals surface area contributed by atoms with Gasteiger partial charge in [0.25, 0.3) is 10.1 Å². The SMILES string of the molecule is CCC(=O)Nc1cc(C(C)(C)C)c(O)c(C(C)(C)C)c1S(=O)(=O)OCc1ccccc1. The fourth-order valence-electron chi connectivity index (χ4n) is 3.29. The predicted molar refractivity (Wildman–Crippen MR) is 123 cm³/mol. The molecule has 0 aromatic heterocycles. The van der Waals surface area contributed by atoms with E-state index in [9.17, 15) is 18.3 Å². The van der Waals surface area contributed by atoms with Gasteiger partial charge in [-0.1, -0.05) is 78.8 Å². The molecule has 31 heavy (non-hydrogen) atoms. The van der Waals surface area contributed by atoms with Crippen LogP contribution in [0.1, 0.15) is 71.6 Å². The van der Waals surface area contributed by atoms with Gasteiger partial charge in [-0.25, -0.2) is 0 Å².